The van der Waals surface area contributed by atoms with Crippen LogP contribution in [-0.2, 0) is 16.1 Å². The minimum Gasteiger partial charge on any atom is -0.493 e. The third-order valence-corrected chi connectivity index (χ3v) is 4.84. The van der Waals surface area contributed by atoms with Crippen molar-refractivity contribution in [2.75, 3.05) is 7.11 Å². The molecule has 5 nitrogen and oxygen atoms in total. The van der Waals surface area contributed by atoms with Gasteiger partial charge in [0.05, 0.1) is 7.11 Å². The van der Waals surface area contributed by atoms with Crippen LogP contribution in [0.3, 0.4) is 0 Å². The summed E-state index contributed by atoms with van der Waals surface area (Å²) in [5, 5.41) is 2.91. The van der Waals surface area contributed by atoms with Crippen LogP contribution in [0.1, 0.15) is 70.3 Å². The largest absolute Gasteiger partial charge is 0.493 e. The molecule has 1 aromatic carbocycles. The van der Waals surface area contributed by atoms with Crippen molar-refractivity contribution >= 4 is 11.9 Å². The van der Waals surface area contributed by atoms with Gasteiger partial charge in [-0.1, -0.05) is 31.2 Å². The zero-order chi connectivity index (χ0) is 20.2. The minimum atomic E-state index is -0.400. The first-order valence-electron chi connectivity index (χ1n) is 10.2. The molecule has 1 aliphatic rings. The molecule has 152 valence electrons. The number of esters is 1. The van der Waals surface area contributed by atoms with Crippen molar-refractivity contribution in [3.63, 3.8) is 0 Å². The fourth-order valence-electron chi connectivity index (χ4n) is 3.31. The molecule has 1 saturated carbocycles. The van der Waals surface area contributed by atoms with Crippen molar-refractivity contribution in [2.24, 2.45) is 5.92 Å². The van der Waals surface area contributed by atoms with Crippen molar-refractivity contribution in [3.8, 4) is 23.3 Å². The minimum absolute atomic E-state index is 0.0308. The summed E-state index contributed by atoms with van der Waals surface area (Å²) in [4.78, 5) is 23.1. The lowest BCUT2D eigenvalue weighted by Crippen LogP contribution is -2.22. The molecule has 0 bridgehead atoms. The van der Waals surface area contributed by atoms with Crippen LogP contribution in [0.15, 0.2) is 18.2 Å². The van der Waals surface area contributed by atoms with Crippen molar-refractivity contribution < 1.29 is 19.1 Å². The first-order valence-corrected chi connectivity index (χ1v) is 10.2. The third-order valence-electron chi connectivity index (χ3n) is 4.84. The zero-order valence-corrected chi connectivity index (χ0v) is 17.0. The fraction of sp³-hybridized carbons (Fsp3) is 0.565. The molecule has 5 heteroatoms. The molecule has 0 spiro atoms. The maximum absolute atomic E-state index is 12.0. The SMILES string of the molecule is COc1cc(CNC(=O)CCCCC#CC2CCCCC2)ccc1OC(C)=O. The average molecular weight is 386 g/mol. The molecular formula is C23H31NO4. The van der Waals surface area contributed by atoms with E-state index < -0.39 is 5.97 Å². The number of unbranched alkanes of at least 4 members (excludes halogenated alkanes) is 2. The number of benzene rings is 1. The Hall–Kier alpha value is -2.48. The summed E-state index contributed by atoms with van der Waals surface area (Å²) in [6.07, 6.45) is 9.68. The molecule has 0 aromatic heterocycles. The smallest absolute Gasteiger partial charge is 0.308 e. The summed E-state index contributed by atoms with van der Waals surface area (Å²) in [6.45, 7) is 1.76. The Bertz CT molecular complexity index is 711. The van der Waals surface area contributed by atoms with E-state index in [1.54, 1.807) is 12.1 Å². The first kappa shape index (κ1) is 21.8. The van der Waals surface area contributed by atoms with E-state index in [-0.39, 0.29) is 5.91 Å². The lowest BCUT2D eigenvalue weighted by molar-refractivity contribution is -0.132. The molecule has 1 fully saturated rings. The number of carbonyl (C=O) groups excluding carboxylic acids is 2. The molecule has 2 rings (SSSR count). The summed E-state index contributed by atoms with van der Waals surface area (Å²) in [7, 11) is 1.52. The number of amides is 1. The van der Waals surface area contributed by atoms with Crippen LogP contribution in [0.25, 0.3) is 0 Å². The number of hydrogen-bond donors (Lipinski definition) is 1. The summed E-state index contributed by atoms with van der Waals surface area (Å²) >= 11 is 0. The van der Waals surface area contributed by atoms with Crippen molar-refractivity contribution in [2.45, 2.75) is 71.3 Å². The van der Waals surface area contributed by atoms with Gasteiger partial charge in [-0.3, -0.25) is 9.59 Å². The molecule has 0 aliphatic heterocycles. The standard InChI is InChI=1S/C23H31NO4/c1-18(25)28-21-15-14-20(16-22(21)27-2)17-24-23(26)13-9-4-3-6-10-19-11-7-5-8-12-19/h14-16,19H,3-5,7-9,11-13,17H2,1-2H3,(H,24,26). The molecule has 28 heavy (non-hydrogen) atoms. The van der Waals surface area contributed by atoms with Crippen LogP contribution < -0.4 is 14.8 Å². The van der Waals surface area contributed by atoms with E-state index in [1.807, 2.05) is 6.07 Å². The van der Waals surface area contributed by atoms with Gasteiger partial charge in [0.25, 0.3) is 0 Å². The van der Waals surface area contributed by atoms with E-state index >= 15 is 0 Å². The predicted molar refractivity (Wildman–Crippen MR) is 109 cm³/mol. The normalized spacial score (nSPS) is 13.9. The average Bonchev–Trinajstić information content (AvgIpc) is 2.70. The molecule has 1 aromatic rings. The van der Waals surface area contributed by atoms with E-state index in [2.05, 4.69) is 17.2 Å². The van der Waals surface area contributed by atoms with Gasteiger partial charge in [-0.2, -0.15) is 0 Å². The second-order valence-electron chi connectivity index (χ2n) is 7.22. The van der Waals surface area contributed by atoms with Gasteiger partial charge in [0.2, 0.25) is 5.91 Å². The highest BCUT2D eigenvalue weighted by molar-refractivity contribution is 5.75. The number of nitrogens with one attached hydrogen (secondary N) is 1. The number of hydrogen-bond acceptors (Lipinski definition) is 4. The highest BCUT2D eigenvalue weighted by Crippen LogP contribution is 2.28. The Balaban J connectivity index is 1.65. The maximum atomic E-state index is 12.0. The molecule has 0 atom stereocenters. The fourth-order valence-corrected chi connectivity index (χ4v) is 3.31. The second kappa shape index (κ2) is 12.1. The monoisotopic (exact) mass is 385 g/mol. The summed E-state index contributed by atoms with van der Waals surface area (Å²) in [5.41, 5.74) is 0.888. The van der Waals surface area contributed by atoms with Gasteiger partial charge in [0.1, 0.15) is 0 Å². The van der Waals surface area contributed by atoms with E-state index in [1.165, 1.54) is 46.1 Å². The van der Waals surface area contributed by atoms with E-state index in [9.17, 15) is 9.59 Å². The van der Waals surface area contributed by atoms with Crippen molar-refractivity contribution in [1.29, 1.82) is 0 Å². The van der Waals surface area contributed by atoms with Crippen LogP contribution >= 0.6 is 0 Å². The summed E-state index contributed by atoms with van der Waals surface area (Å²) in [5.74, 6) is 7.75. The number of methoxy groups -OCH3 is 1. The molecule has 0 saturated heterocycles. The Morgan fingerprint density at radius 3 is 2.64 bits per heavy atom. The molecule has 0 radical (unpaired) electrons. The van der Waals surface area contributed by atoms with Gasteiger partial charge in [-0.05, 0) is 43.4 Å². The van der Waals surface area contributed by atoms with E-state index in [0.717, 1.165) is 24.8 Å². The van der Waals surface area contributed by atoms with Crippen molar-refractivity contribution in [3.05, 3.63) is 23.8 Å². The number of carbonyl (C=O) groups is 2. The molecule has 0 unspecified atom stereocenters. The maximum Gasteiger partial charge on any atom is 0.308 e. The molecule has 0 heterocycles. The quantitative estimate of drug-likeness (QED) is 0.312. The lowest BCUT2D eigenvalue weighted by Gasteiger charge is -2.15. The van der Waals surface area contributed by atoms with Gasteiger partial charge in [0.15, 0.2) is 11.5 Å². The predicted octanol–water partition coefficient (Wildman–Crippen LogP) is 4.38. The van der Waals surface area contributed by atoms with Crippen LogP contribution in [0.2, 0.25) is 0 Å². The van der Waals surface area contributed by atoms with Gasteiger partial charge < -0.3 is 14.8 Å². The number of rotatable bonds is 8. The molecule has 1 amide bonds. The Kier molecular flexibility index (Phi) is 9.41. The van der Waals surface area contributed by atoms with Gasteiger partial charge in [-0.25, -0.2) is 0 Å². The highest BCUT2D eigenvalue weighted by atomic mass is 16.6. The topological polar surface area (TPSA) is 64.6 Å². The Labute approximate surface area is 168 Å². The van der Waals surface area contributed by atoms with Crippen molar-refractivity contribution in [1.82, 2.24) is 5.32 Å². The van der Waals surface area contributed by atoms with Gasteiger partial charge in [0, 0.05) is 32.2 Å². The summed E-state index contributed by atoms with van der Waals surface area (Å²) in [6, 6.07) is 5.24. The summed E-state index contributed by atoms with van der Waals surface area (Å²) < 4.78 is 10.3. The second-order valence-corrected chi connectivity index (χ2v) is 7.22. The lowest BCUT2D eigenvalue weighted by atomic mass is 9.90. The zero-order valence-electron chi connectivity index (χ0n) is 17.0. The Morgan fingerprint density at radius 1 is 1.14 bits per heavy atom. The van der Waals surface area contributed by atoms with Crippen LogP contribution in [0, 0.1) is 17.8 Å². The molecule has 1 N–H and O–H groups in total. The van der Waals surface area contributed by atoms with E-state index in [4.69, 9.17) is 9.47 Å². The first-order chi connectivity index (χ1) is 13.6. The van der Waals surface area contributed by atoms with Crippen LogP contribution in [0.4, 0.5) is 0 Å². The molecular weight excluding hydrogens is 354 g/mol. The van der Waals surface area contributed by atoms with E-state index in [0.29, 0.717) is 30.4 Å². The van der Waals surface area contributed by atoms with Gasteiger partial charge >= 0.3 is 5.97 Å². The molecule has 1 aliphatic carbocycles. The Morgan fingerprint density at radius 2 is 1.93 bits per heavy atom. The third kappa shape index (κ3) is 8.04. The van der Waals surface area contributed by atoms with Crippen LogP contribution in [0.5, 0.6) is 11.5 Å². The van der Waals surface area contributed by atoms with Crippen LogP contribution in [-0.4, -0.2) is 19.0 Å². The number of ether oxygens (including phenoxy) is 2. The van der Waals surface area contributed by atoms with Gasteiger partial charge in [-0.15, -0.1) is 5.92 Å². The highest BCUT2D eigenvalue weighted by Gasteiger charge is 2.10.